The summed E-state index contributed by atoms with van der Waals surface area (Å²) in [4.78, 5) is 19.9. The highest BCUT2D eigenvalue weighted by atomic mass is 32.2. The summed E-state index contributed by atoms with van der Waals surface area (Å²) < 4.78 is 29.8. The summed E-state index contributed by atoms with van der Waals surface area (Å²) in [6, 6.07) is 12.6. The number of carbonyl (C=O) groups excluding carboxylic acids is 1. The number of aliphatic hydroxyl groups excluding tert-OH is 1. The van der Waals surface area contributed by atoms with Crippen LogP contribution in [0.5, 0.6) is 0 Å². The number of hydrogen-bond donors (Lipinski definition) is 4. The molecule has 1 saturated heterocycles. The molecule has 5 rings (SSSR count). The molecule has 9 nitrogen and oxygen atoms in total. The van der Waals surface area contributed by atoms with Crippen LogP contribution in [-0.4, -0.2) is 55.2 Å². The number of aliphatic hydroxyl groups is 1. The fourth-order valence-corrected chi connectivity index (χ4v) is 7.09. The van der Waals surface area contributed by atoms with Crippen molar-refractivity contribution in [3.63, 3.8) is 0 Å². The van der Waals surface area contributed by atoms with Gasteiger partial charge in [-0.1, -0.05) is 18.2 Å². The first-order valence-electron chi connectivity index (χ1n) is 14.3. The minimum atomic E-state index is -3.77. The van der Waals surface area contributed by atoms with E-state index in [-0.39, 0.29) is 29.7 Å². The molecule has 4 N–H and O–H groups in total. The van der Waals surface area contributed by atoms with Gasteiger partial charge in [0.05, 0.1) is 29.0 Å². The molecule has 1 aliphatic heterocycles. The van der Waals surface area contributed by atoms with E-state index in [1.165, 1.54) is 56.1 Å². The Morgan fingerprint density at radius 3 is 2.60 bits per heavy atom. The molecular formula is C30H40N5O4S+. The van der Waals surface area contributed by atoms with Crippen LogP contribution in [0.15, 0.2) is 60.0 Å². The Balaban J connectivity index is 1.44. The lowest BCUT2D eigenvalue weighted by Crippen LogP contribution is -3.11. The Morgan fingerprint density at radius 2 is 1.88 bits per heavy atom. The number of sulfonamides is 1. The van der Waals surface area contributed by atoms with E-state index in [2.05, 4.69) is 39.4 Å². The van der Waals surface area contributed by atoms with Gasteiger partial charge >= 0.3 is 0 Å². The summed E-state index contributed by atoms with van der Waals surface area (Å²) in [5.41, 5.74) is 3.29. The maximum Gasteiger partial charge on any atom is 0.258 e. The molecule has 214 valence electrons. The van der Waals surface area contributed by atoms with Crippen LogP contribution in [0.3, 0.4) is 0 Å². The van der Waals surface area contributed by atoms with Crippen molar-refractivity contribution in [2.75, 3.05) is 31.6 Å². The normalized spacial score (nSPS) is 20.4. The Hall–Kier alpha value is -3.05. The summed E-state index contributed by atoms with van der Waals surface area (Å²) in [7, 11) is -3.77. The monoisotopic (exact) mass is 566 g/mol. The zero-order valence-electron chi connectivity index (χ0n) is 22.9. The van der Waals surface area contributed by atoms with E-state index in [1.54, 1.807) is 17.0 Å². The van der Waals surface area contributed by atoms with Gasteiger partial charge in [-0.25, -0.2) is 18.1 Å². The first-order chi connectivity index (χ1) is 19.4. The molecule has 0 bridgehead atoms. The van der Waals surface area contributed by atoms with E-state index in [0.717, 1.165) is 43.3 Å². The van der Waals surface area contributed by atoms with Crippen LogP contribution in [0.2, 0.25) is 0 Å². The third-order valence-electron chi connectivity index (χ3n) is 8.26. The topological polar surface area (TPSA) is 118 Å². The summed E-state index contributed by atoms with van der Waals surface area (Å²) >= 11 is 0. The number of hydrogen-bond acceptors (Lipinski definition) is 5. The van der Waals surface area contributed by atoms with Crippen molar-refractivity contribution in [3.8, 4) is 0 Å². The van der Waals surface area contributed by atoms with Crippen molar-refractivity contribution in [3.05, 3.63) is 66.2 Å². The molecule has 2 aliphatic rings. The van der Waals surface area contributed by atoms with Gasteiger partial charge < -0.3 is 14.6 Å². The predicted octanol–water partition coefficient (Wildman–Crippen LogP) is 3.05. The zero-order chi connectivity index (χ0) is 28.1. The average Bonchev–Trinajstić information content (AvgIpc) is 3.33. The minimum absolute atomic E-state index is 0.0164. The number of aromatic nitrogens is 2. The van der Waals surface area contributed by atoms with E-state index in [1.807, 2.05) is 0 Å². The second kappa shape index (κ2) is 12.6. The average molecular weight is 567 g/mol. The number of fused-ring (bicyclic) bond motifs is 1. The van der Waals surface area contributed by atoms with Crippen molar-refractivity contribution in [1.29, 1.82) is 0 Å². The second-order valence-electron chi connectivity index (χ2n) is 11.1. The first-order valence-corrected chi connectivity index (χ1v) is 15.8. The zero-order valence-corrected chi connectivity index (χ0v) is 23.8. The number of imidazole rings is 1. The number of nitrogens with zero attached hydrogens (tertiary/aromatic N) is 2. The maximum atomic E-state index is 13.4. The number of amides is 1. The third-order valence-corrected chi connectivity index (χ3v) is 9.68. The molecule has 0 spiro atoms. The molecule has 10 heteroatoms. The van der Waals surface area contributed by atoms with E-state index in [9.17, 15) is 18.3 Å². The molecule has 2 aromatic carbocycles. The van der Waals surface area contributed by atoms with E-state index in [0.29, 0.717) is 11.9 Å². The smallest absolute Gasteiger partial charge is 0.258 e. The summed E-state index contributed by atoms with van der Waals surface area (Å²) in [6.07, 6.45) is 8.94. The molecule has 0 unspecified atom stereocenters. The van der Waals surface area contributed by atoms with Crippen LogP contribution in [0.25, 0.3) is 11.0 Å². The fraction of sp³-hybridized carbons (Fsp3) is 0.467. The van der Waals surface area contributed by atoms with Gasteiger partial charge in [-0.2, -0.15) is 0 Å². The molecule has 0 radical (unpaired) electrons. The van der Waals surface area contributed by atoms with E-state index >= 15 is 0 Å². The molecule has 1 aliphatic carbocycles. The van der Waals surface area contributed by atoms with Crippen molar-refractivity contribution in [1.82, 2.24) is 14.3 Å². The molecule has 0 atom stereocenters. The van der Waals surface area contributed by atoms with Crippen LogP contribution in [0.1, 0.15) is 66.9 Å². The van der Waals surface area contributed by atoms with Crippen molar-refractivity contribution < 1.29 is 23.2 Å². The molecule has 2 heterocycles. The number of rotatable bonds is 10. The summed E-state index contributed by atoms with van der Waals surface area (Å²) in [5, 5.41) is 12.6. The number of piperidine rings is 1. The Kier molecular flexibility index (Phi) is 9.00. The lowest BCUT2D eigenvalue weighted by molar-refractivity contribution is -0.918. The highest BCUT2D eigenvalue weighted by Crippen LogP contribution is 2.37. The Morgan fingerprint density at radius 1 is 1.10 bits per heavy atom. The molecule has 1 saturated carbocycles. The van der Waals surface area contributed by atoms with Gasteiger partial charge in [-0.3, -0.25) is 10.1 Å². The second-order valence-corrected chi connectivity index (χ2v) is 12.9. The number of carbonyl (C=O) groups is 1. The van der Waals surface area contributed by atoms with Crippen molar-refractivity contribution in [2.24, 2.45) is 5.92 Å². The lowest BCUT2D eigenvalue weighted by Gasteiger charge is -2.29. The standard InChI is InChI=1S/C30H39N5O4S/c1-2-15-31-40(38,39)26-8-6-7-24(19-26)29(37)33-30-32-27-18-23(20-34-16-4-3-5-17-34)11-14-28(27)35(30)25-12-9-22(21-36)10-13-25/h2,6-8,11,14,18-19,22,25,31,36H,1,3-5,9-10,12-13,15-17,20-21H2,(H,32,33,37)/p+1. The lowest BCUT2D eigenvalue weighted by atomic mass is 9.86. The van der Waals surface area contributed by atoms with Crippen LogP contribution >= 0.6 is 0 Å². The third kappa shape index (κ3) is 6.46. The number of quaternary nitrogens is 1. The molecule has 2 fully saturated rings. The first kappa shape index (κ1) is 28.5. The molecule has 1 amide bonds. The van der Waals surface area contributed by atoms with Gasteiger partial charge in [-0.05, 0) is 81.2 Å². The number of anilines is 1. The van der Waals surface area contributed by atoms with Crippen molar-refractivity contribution in [2.45, 2.75) is 62.4 Å². The minimum Gasteiger partial charge on any atom is -0.396 e. The van der Waals surface area contributed by atoms with Crippen molar-refractivity contribution >= 4 is 32.9 Å². The number of likely N-dealkylation sites (tertiary alicyclic amines) is 1. The van der Waals surface area contributed by atoms with Crippen LogP contribution < -0.4 is 14.9 Å². The highest BCUT2D eigenvalue weighted by molar-refractivity contribution is 7.89. The van der Waals surface area contributed by atoms with E-state index in [4.69, 9.17) is 4.98 Å². The van der Waals surface area contributed by atoms with Gasteiger partial charge in [0.2, 0.25) is 16.0 Å². The van der Waals surface area contributed by atoms with Gasteiger partial charge in [0, 0.05) is 30.3 Å². The fourth-order valence-electron chi connectivity index (χ4n) is 6.05. The Labute approximate surface area is 236 Å². The molecule has 3 aromatic rings. The van der Waals surface area contributed by atoms with Gasteiger partial charge in [0.15, 0.2) is 0 Å². The Bertz CT molecular complexity index is 1450. The number of benzene rings is 2. The predicted molar refractivity (Wildman–Crippen MR) is 156 cm³/mol. The van der Waals surface area contributed by atoms with Crippen LogP contribution in [0.4, 0.5) is 5.95 Å². The number of nitrogens with one attached hydrogen (secondary N) is 3. The largest absolute Gasteiger partial charge is 0.396 e. The van der Waals surface area contributed by atoms with E-state index < -0.39 is 15.9 Å². The molecule has 1 aromatic heterocycles. The molecular weight excluding hydrogens is 526 g/mol. The van der Waals surface area contributed by atoms with Gasteiger partial charge in [0.1, 0.15) is 6.54 Å². The molecule has 40 heavy (non-hydrogen) atoms. The summed E-state index contributed by atoms with van der Waals surface area (Å²) in [5.74, 6) is 0.356. The SMILES string of the molecule is C=CCNS(=O)(=O)c1cccc(C(=O)Nc2nc3cc(C[NH+]4CCCCC4)ccc3n2C2CCC(CO)CC2)c1. The van der Waals surface area contributed by atoms with Gasteiger partial charge in [0.25, 0.3) is 5.91 Å². The van der Waals surface area contributed by atoms with Crippen LogP contribution in [0, 0.1) is 5.92 Å². The van der Waals surface area contributed by atoms with Gasteiger partial charge in [-0.15, -0.1) is 6.58 Å². The summed E-state index contributed by atoms with van der Waals surface area (Å²) in [6.45, 7) is 7.20. The maximum absolute atomic E-state index is 13.4. The van der Waals surface area contributed by atoms with Crippen LogP contribution in [-0.2, 0) is 16.6 Å². The highest BCUT2D eigenvalue weighted by Gasteiger charge is 2.27. The quantitative estimate of drug-likeness (QED) is 0.282.